The highest BCUT2D eigenvalue weighted by atomic mass is 35.5. The van der Waals surface area contributed by atoms with E-state index in [1.54, 1.807) is 31.2 Å². The maximum atomic E-state index is 12.6. The largest absolute Gasteiger partial charge is 0.341 e. The van der Waals surface area contributed by atoms with Crippen molar-refractivity contribution in [2.45, 2.75) is 17.2 Å². The average molecular weight is 355 g/mol. The van der Waals surface area contributed by atoms with Crippen LogP contribution < -0.4 is 0 Å². The number of H-pyrrole nitrogens is 1. The van der Waals surface area contributed by atoms with Gasteiger partial charge >= 0.3 is 0 Å². The third kappa shape index (κ3) is 2.81. The van der Waals surface area contributed by atoms with Gasteiger partial charge in [-0.05, 0) is 18.6 Å². The molecule has 0 spiro atoms. The second-order valence-corrected chi connectivity index (χ2v) is 9.07. The van der Waals surface area contributed by atoms with E-state index in [4.69, 9.17) is 11.6 Å². The van der Waals surface area contributed by atoms with Gasteiger partial charge in [0.2, 0.25) is 8.87 Å². The normalized spacial score (nSPS) is 13.4. The molecule has 1 N–H and O–H groups in total. The van der Waals surface area contributed by atoms with Gasteiger partial charge in [0, 0.05) is 15.8 Å². The van der Waals surface area contributed by atoms with Crippen LogP contribution in [0.25, 0.3) is 11.2 Å². The number of benzene rings is 1. The summed E-state index contributed by atoms with van der Waals surface area (Å²) in [6.45, 7) is 1.61. The summed E-state index contributed by atoms with van der Waals surface area (Å²) in [5, 5.41) is -0.0194. The average Bonchev–Trinajstić information content (AvgIpc) is 2.96. The zero-order valence-corrected chi connectivity index (χ0v) is 13.8. The van der Waals surface area contributed by atoms with Crippen molar-refractivity contribution >= 4 is 42.4 Å². The molecule has 3 aromatic rings. The highest BCUT2D eigenvalue weighted by molar-refractivity contribution is 8.72. The number of nitrogens with zero attached hydrogens (tertiary/aromatic N) is 3. The van der Waals surface area contributed by atoms with E-state index in [0.717, 1.165) is 0 Å². The molecule has 1 unspecified atom stereocenters. The van der Waals surface area contributed by atoms with Crippen LogP contribution in [0.1, 0.15) is 17.7 Å². The molecule has 3 rings (SSSR count). The minimum Gasteiger partial charge on any atom is -0.341 e. The van der Waals surface area contributed by atoms with Crippen LogP contribution in [-0.2, 0) is 8.87 Å². The number of nitrogens with one attached hydrogen (secondary N) is 1. The highest BCUT2D eigenvalue weighted by Gasteiger charge is 2.27. The molecule has 0 fully saturated rings. The summed E-state index contributed by atoms with van der Waals surface area (Å²) in [6, 6.07) is 6.90. The fourth-order valence-electron chi connectivity index (χ4n) is 1.95. The van der Waals surface area contributed by atoms with E-state index >= 15 is 0 Å². The number of aromatic amines is 1. The Morgan fingerprint density at radius 3 is 2.77 bits per heavy atom. The van der Waals surface area contributed by atoms with Gasteiger partial charge in [0.05, 0.1) is 11.6 Å². The summed E-state index contributed by atoms with van der Waals surface area (Å²) < 4.78 is 25.3. The van der Waals surface area contributed by atoms with Crippen LogP contribution in [0.4, 0.5) is 0 Å². The van der Waals surface area contributed by atoms with Crippen molar-refractivity contribution in [2.24, 2.45) is 0 Å². The Hall–Kier alpha value is -1.64. The van der Waals surface area contributed by atoms with Gasteiger partial charge < -0.3 is 4.98 Å². The molecule has 2 heterocycles. The van der Waals surface area contributed by atoms with E-state index in [0.29, 0.717) is 37.6 Å². The lowest BCUT2D eigenvalue weighted by atomic mass is 10.2. The van der Waals surface area contributed by atoms with E-state index < -0.39 is 14.1 Å². The van der Waals surface area contributed by atoms with Crippen molar-refractivity contribution < 1.29 is 8.42 Å². The van der Waals surface area contributed by atoms with Crippen molar-refractivity contribution in [1.82, 2.24) is 19.9 Å². The van der Waals surface area contributed by atoms with Gasteiger partial charge in [0.15, 0.2) is 5.65 Å². The van der Waals surface area contributed by atoms with Gasteiger partial charge in [-0.1, -0.05) is 29.8 Å². The maximum absolute atomic E-state index is 12.6. The summed E-state index contributed by atoms with van der Waals surface area (Å²) in [7, 11) is -2.88. The molecule has 0 amide bonds. The fraction of sp³-hybridized carbons (Fsp3) is 0.154. The monoisotopic (exact) mass is 354 g/mol. The second-order valence-electron chi connectivity index (χ2n) is 4.52. The van der Waals surface area contributed by atoms with Crippen molar-refractivity contribution in [1.29, 1.82) is 0 Å². The van der Waals surface area contributed by atoms with E-state index in [-0.39, 0.29) is 0 Å². The molecule has 0 aliphatic heterocycles. The standard InChI is InChI=1S/C13H11ClN4O2S2/c1-8(9-4-2-3-5-10(9)14)22(19,20)21-13-11-12(16-6-15-11)17-7-18-13/h2-8H,1H3,(H,15,16,17,18). The number of rotatable bonds is 4. The molecule has 1 aromatic carbocycles. The molecule has 0 saturated carbocycles. The summed E-state index contributed by atoms with van der Waals surface area (Å²) in [4.78, 5) is 14.8. The van der Waals surface area contributed by atoms with Crippen molar-refractivity contribution in [3.05, 3.63) is 47.5 Å². The highest BCUT2D eigenvalue weighted by Crippen LogP contribution is 2.38. The van der Waals surface area contributed by atoms with Gasteiger partial charge in [-0.3, -0.25) is 0 Å². The minimum absolute atomic E-state index is 0.321. The van der Waals surface area contributed by atoms with Crippen LogP contribution in [0, 0.1) is 0 Å². The molecule has 9 heteroatoms. The van der Waals surface area contributed by atoms with E-state index in [1.807, 2.05) is 0 Å². The smallest absolute Gasteiger partial charge is 0.214 e. The number of hydrogen-bond acceptors (Lipinski definition) is 6. The van der Waals surface area contributed by atoms with Gasteiger partial charge in [0.1, 0.15) is 16.9 Å². The molecule has 0 aliphatic carbocycles. The number of fused-ring (bicyclic) bond motifs is 1. The summed E-state index contributed by atoms with van der Waals surface area (Å²) in [5.74, 6) is 0. The molecule has 0 saturated heterocycles. The number of aromatic nitrogens is 4. The Bertz CT molecular complexity index is 926. The van der Waals surface area contributed by atoms with Crippen LogP contribution in [0.15, 0.2) is 41.9 Å². The number of halogens is 1. The Morgan fingerprint density at radius 2 is 2.00 bits per heavy atom. The maximum Gasteiger partial charge on any atom is 0.214 e. The summed E-state index contributed by atoms with van der Waals surface area (Å²) in [5.41, 5.74) is 1.49. The second kappa shape index (κ2) is 5.86. The van der Waals surface area contributed by atoms with Crippen molar-refractivity contribution in [3.63, 3.8) is 0 Å². The van der Waals surface area contributed by atoms with Gasteiger partial charge in [-0.15, -0.1) is 0 Å². The van der Waals surface area contributed by atoms with Crippen LogP contribution in [0.2, 0.25) is 5.02 Å². The predicted octanol–water partition coefficient (Wildman–Crippen LogP) is 3.19. The Kier molecular flexibility index (Phi) is 4.07. The molecule has 2 aromatic heterocycles. The lowest BCUT2D eigenvalue weighted by Gasteiger charge is -2.13. The molecule has 6 nitrogen and oxygen atoms in total. The van der Waals surface area contributed by atoms with Crippen LogP contribution in [-0.4, -0.2) is 28.4 Å². The first-order valence-electron chi connectivity index (χ1n) is 6.31. The van der Waals surface area contributed by atoms with E-state index in [1.165, 1.54) is 12.7 Å². The third-order valence-corrected chi connectivity index (χ3v) is 7.36. The predicted molar refractivity (Wildman–Crippen MR) is 86.3 cm³/mol. The first-order valence-corrected chi connectivity index (χ1v) is 9.56. The van der Waals surface area contributed by atoms with Crippen molar-refractivity contribution in [3.8, 4) is 0 Å². The zero-order chi connectivity index (χ0) is 15.7. The van der Waals surface area contributed by atoms with Crippen LogP contribution >= 0.6 is 22.4 Å². The molecular formula is C13H11ClN4O2S2. The lowest BCUT2D eigenvalue weighted by molar-refractivity contribution is 0.601. The topological polar surface area (TPSA) is 88.6 Å². The van der Waals surface area contributed by atoms with Crippen LogP contribution in [0.5, 0.6) is 0 Å². The lowest BCUT2D eigenvalue weighted by Crippen LogP contribution is -2.07. The first-order chi connectivity index (χ1) is 10.5. The molecule has 0 aliphatic rings. The van der Waals surface area contributed by atoms with Gasteiger partial charge in [-0.25, -0.2) is 23.4 Å². The molecule has 22 heavy (non-hydrogen) atoms. The fourth-order valence-corrected chi connectivity index (χ4v) is 5.30. The van der Waals surface area contributed by atoms with Gasteiger partial charge in [-0.2, -0.15) is 0 Å². The minimum atomic E-state index is -3.56. The summed E-state index contributed by atoms with van der Waals surface area (Å²) >= 11 is 6.09. The Labute approximate surface area is 135 Å². The molecule has 0 bridgehead atoms. The Balaban J connectivity index is 1.97. The van der Waals surface area contributed by atoms with Crippen molar-refractivity contribution in [2.75, 3.05) is 0 Å². The van der Waals surface area contributed by atoms with E-state index in [9.17, 15) is 8.42 Å². The summed E-state index contributed by atoms with van der Waals surface area (Å²) in [6.07, 6.45) is 2.74. The first kappa shape index (κ1) is 15.3. The third-order valence-electron chi connectivity index (χ3n) is 3.16. The zero-order valence-electron chi connectivity index (χ0n) is 11.4. The molecule has 114 valence electrons. The molecule has 0 radical (unpaired) electrons. The Morgan fingerprint density at radius 1 is 1.23 bits per heavy atom. The molecule has 1 atom stereocenters. The molecular weight excluding hydrogens is 344 g/mol. The van der Waals surface area contributed by atoms with Crippen LogP contribution in [0.3, 0.4) is 0 Å². The van der Waals surface area contributed by atoms with Gasteiger partial charge in [0.25, 0.3) is 0 Å². The quantitative estimate of drug-likeness (QED) is 0.571. The number of hydrogen-bond donors (Lipinski definition) is 1. The van der Waals surface area contributed by atoms with E-state index in [2.05, 4.69) is 19.9 Å². The number of imidazole rings is 1. The SMILES string of the molecule is CC(c1ccccc1Cl)S(=O)(=O)Sc1ncnc2nc[nH]c12.